The molecule has 0 atom stereocenters. The molecule has 1 amide bonds. The number of hydrogen-bond donors (Lipinski definition) is 2. The molecule has 3 aromatic rings. The number of para-hydroxylation sites is 1. The highest BCUT2D eigenvalue weighted by Crippen LogP contribution is 2.34. The molecule has 160 valence electrons. The van der Waals surface area contributed by atoms with Gasteiger partial charge in [0, 0.05) is 31.7 Å². The number of halogens is 1. The lowest BCUT2D eigenvalue weighted by molar-refractivity contribution is 0.0978. The van der Waals surface area contributed by atoms with Crippen molar-refractivity contribution in [1.29, 1.82) is 0 Å². The fraction of sp³-hybridized carbons (Fsp3) is 0.250. The van der Waals surface area contributed by atoms with Gasteiger partial charge in [-0.2, -0.15) is 0 Å². The summed E-state index contributed by atoms with van der Waals surface area (Å²) < 4.78 is 0. The molecule has 5 nitrogen and oxygen atoms in total. The molecule has 31 heavy (non-hydrogen) atoms. The van der Waals surface area contributed by atoms with Crippen LogP contribution < -0.4 is 15.5 Å². The SMILES string of the molecule is CCN1CCN(c2c(Cl)cccc2NC(=S)NC(=O)c2ccc3ccccc3c2)CC1. The van der Waals surface area contributed by atoms with E-state index < -0.39 is 0 Å². The van der Waals surface area contributed by atoms with Crippen molar-refractivity contribution in [3.8, 4) is 0 Å². The van der Waals surface area contributed by atoms with Gasteiger partial charge in [-0.05, 0) is 53.8 Å². The molecule has 1 fully saturated rings. The van der Waals surface area contributed by atoms with E-state index in [1.54, 1.807) is 6.07 Å². The summed E-state index contributed by atoms with van der Waals surface area (Å²) >= 11 is 12.0. The maximum absolute atomic E-state index is 12.7. The highest BCUT2D eigenvalue weighted by molar-refractivity contribution is 7.80. The van der Waals surface area contributed by atoms with E-state index in [1.165, 1.54) is 0 Å². The third-order valence-electron chi connectivity index (χ3n) is 5.61. The van der Waals surface area contributed by atoms with Crippen molar-refractivity contribution in [2.45, 2.75) is 6.92 Å². The summed E-state index contributed by atoms with van der Waals surface area (Å²) in [5.41, 5.74) is 2.27. The Bertz CT molecular complexity index is 1110. The summed E-state index contributed by atoms with van der Waals surface area (Å²) in [5.74, 6) is -0.247. The number of carbonyl (C=O) groups is 1. The van der Waals surface area contributed by atoms with Gasteiger partial charge in [-0.1, -0.05) is 54.9 Å². The molecule has 2 N–H and O–H groups in total. The Hall–Kier alpha value is -2.67. The van der Waals surface area contributed by atoms with Crippen LogP contribution in [0, 0.1) is 0 Å². The average Bonchev–Trinajstić information content (AvgIpc) is 2.79. The number of likely N-dealkylation sites (N-methyl/N-ethyl adjacent to an activating group) is 1. The van der Waals surface area contributed by atoms with Crippen molar-refractivity contribution in [3.63, 3.8) is 0 Å². The highest BCUT2D eigenvalue weighted by Gasteiger charge is 2.21. The minimum Gasteiger partial charge on any atom is -0.366 e. The summed E-state index contributed by atoms with van der Waals surface area (Å²) in [6.45, 7) is 6.99. The number of benzene rings is 3. The smallest absolute Gasteiger partial charge is 0.257 e. The third kappa shape index (κ3) is 4.98. The van der Waals surface area contributed by atoms with Gasteiger partial charge >= 0.3 is 0 Å². The zero-order valence-corrected chi connectivity index (χ0v) is 19.0. The third-order valence-corrected chi connectivity index (χ3v) is 6.12. The second-order valence-corrected chi connectivity index (χ2v) is 8.34. The van der Waals surface area contributed by atoms with Crippen LogP contribution in [0.15, 0.2) is 60.7 Å². The van der Waals surface area contributed by atoms with E-state index in [9.17, 15) is 4.79 Å². The van der Waals surface area contributed by atoms with Crippen molar-refractivity contribution in [2.24, 2.45) is 0 Å². The number of fused-ring (bicyclic) bond motifs is 1. The van der Waals surface area contributed by atoms with Gasteiger partial charge in [-0.3, -0.25) is 10.1 Å². The molecule has 0 radical (unpaired) electrons. The first-order valence-corrected chi connectivity index (χ1v) is 11.2. The van der Waals surface area contributed by atoms with Gasteiger partial charge in [0.2, 0.25) is 0 Å². The minimum absolute atomic E-state index is 0.244. The average molecular weight is 453 g/mol. The Morgan fingerprint density at radius 2 is 1.74 bits per heavy atom. The van der Waals surface area contributed by atoms with Gasteiger partial charge in [-0.15, -0.1) is 0 Å². The maximum Gasteiger partial charge on any atom is 0.257 e. The lowest BCUT2D eigenvalue weighted by Gasteiger charge is -2.37. The lowest BCUT2D eigenvalue weighted by atomic mass is 10.1. The molecule has 0 aliphatic carbocycles. The topological polar surface area (TPSA) is 47.6 Å². The summed E-state index contributed by atoms with van der Waals surface area (Å²) in [7, 11) is 0. The predicted octanol–water partition coefficient (Wildman–Crippen LogP) is 4.76. The lowest BCUT2D eigenvalue weighted by Crippen LogP contribution is -2.46. The first-order chi connectivity index (χ1) is 15.0. The predicted molar refractivity (Wildman–Crippen MR) is 133 cm³/mol. The van der Waals surface area contributed by atoms with E-state index in [1.807, 2.05) is 54.6 Å². The fourth-order valence-electron chi connectivity index (χ4n) is 3.88. The first kappa shape index (κ1) is 21.6. The normalized spacial score (nSPS) is 14.5. The Morgan fingerprint density at radius 3 is 2.48 bits per heavy atom. The zero-order valence-electron chi connectivity index (χ0n) is 17.4. The Morgan fingerprint density at radius 1 is 1.00 bits per heavy atom. The van der Waals surface area contributed by atoms with Gasteiger partial charge in [-0.25, -0.2) is 0 Å². The zero-order chi connectivity index (χ0) is 21.8. The van der Waals surface area contributed by atoms with E-state index in [-0.39, 0.29) is 11.0 Å². The van der Waals surface area contributed by atoms with Gasteiger partial charge < -0.3 is 15.1 Å². The van der Waals surface area contributed by atoms with Crippen LogP contribution in [-0.2, 0) is 0 Å². The molecule has 0 saturated carbocycles. The number of anilines is 2. The quantitative estimate of drug-likeness (QED) is 0.559. The molecule has 1 aliphatic heterocycles. The van der Waals surface area contributed by atoms with E-state index in [4.69, 9.17) is 23.8 Å². The van der Waals surface area contributed by atoms with E-state index in [0.717, 1.165) is 54.9 Å². The number of nitrogens with zero attached hydrogens (tertiary/aromatic N) is 2. The molecular weight excluding hydrogens is 428 g/mol. The largest absolute Gasteiger partial charge is 0.366 e. The molecule has 1 aliphatic rings. The van der Waals surface area contributed by atoms with Crippen LogP contribution in [0.5, 0.6) is 0 Å². The van der Waals surface area contributed by atoms with Crippen LogP contribution >= 0.6 is 23.8 Å². The Kier molecular flexibility index (Phi) is 6.70. The van der Waals surface area contributed by atoms with Crippen molar-refractivity contribution < 1.29 is 4.79 Å². The molecule has 0 aromatic heterocycles. The molecule has 0 unspecified atom stereocenters. The molecule has 0 spiro atoms. The van der Waals surface area contributed by atoms with Crippen LogP contribution in [0.3, 0.4) is 0 Å². The van der Waals surface area contributed by atoms with Crippen molar-refractivity contribution in [2.75, 3.05) is 42.9 Å². The van der Waals surface area contributed by atoms with Crippen molar-refractivity contribution >= 4 is 57.0 Å². The minimum atomic E-state index is -0.247. The standard InChI is InChI=1S/C24H25ClN4OS/c1-2-28-12-14-29(15-13-28)22-20(25)8-5-9-21(22)26-24(31)27-23(30)19-11-10-17-6-3-4-7-18(17)16-19/h3-11,16H,2,12-15H2,1H3,(H2,26,27,30,31). The summed E-state index contributed by atoms with van der Waals surface area (Å²) in [6, 6.07) is 19.2. The second-order valence-electron chi connectivity index (χ2n) is 7.53. The molecule has 0 bridgehead atoms. The molecule has 7 heteroatoms. The van der Waals surface area contributed by atoms with E-state index >= 15 is 0 Å². The van der Waals surface area contributed by atoms with Gasteiger partial charge in [0.15, 0.2) is 5.11 Å². The number of hydrogen-bond acceptors (Lipinski definition) is 4. The number of amides is 1. The molecule has 1 saturated heterocycles. The number of piperazine rings is 1. The fourth-order valence-corrected chi connectivity index (χ4v) is 4.38. The maximum atomic E-state index is 12.7. The number of carbonyl (C=O) groups excluding carboxylic acids is 1. The van der Waals surface area contributed by atoms with Crippen LogP contribution in [0.4, 0.5) is 11.4 Å². The summed E-state index contributed by atoms with van der Waals surface area (Å²) in [6.07, 6.45) is 0. The number of nitrogens with one attached hydrogen (secondary N) is 2. The van der Waals surface area contributed by atoms with E-state index in [0.29, 0.717) is 10.6 Å². The van der Waals surface area contributed by atoms with Gasteiger partial charge in [0.1, 0.15) is 0 Å². The van der Waals surface area contributed by atoms with E-state index in [2.05, 4.69) is 27.4 Å². The van der Waals surface area contributed by atoms with Crippen LogP contribution in [0.1, 0.15) is 17.3 Å². The van der Waals surface area contributed by atoms with Crippen LogP contribution in [0.2, 0.25) is 5.02 Å². The summed E-state index contributed by atoms with van der Waals surface area (Å²) in [4.78, 5) is 17.4. The number of thiocarbonyl (C=S) groups is 1. The van der Waals surface area contributed by atoms with Crippen molar-refractivity contribution in [3.05, 3.63) is 71.2 Å². The monoisotopic (exact) mass is 452 g/mol. The molecule has 4 rings (SSSR count). The second kappa shape index (κ2) is 9.64. The number of rotatable bonds is 4. The van der Waals surface area contributed by atoms with Gasteiger partial charge in [0.05, 0.1) is 16.4 Å². The van der Waals surface area contributed by atoms with Crippen LogP contribution in [-0.4, -0.2) is 48.6 Å². The molecular formula is C24H25ClN4OS. The van der Waals surface area contributed by atoms with Crippen LogP contribution in [0.25, 0.3) is 10.8 Å². The highest BCUT2D eigenvalue weighted by atomic mass is 35.5. The summed E-state index contributed by atoms with van der Waals surface area (Å²) in [5, 5.41) is 8.97. The Balaban J connectivity index is 1.47. The first-order valence-electron chi connectivity index (χ1n) is 10.4. The van der Waals surface area contributed by atoms with Crippen molar-refractivity contribution in [1.82, 2.24) is 10.2 Å². The molecule has 3 aromatic carbocycles. The molecule has 1 heterocycles. The Labute approximate surface area is 193 Å². The van der Waals surface area contributed by atoms with Gasteiger partial charge in [0.25, 0.3) is 5.91 Å².